The van der Waals surface area contributed by atoms with Crippen LogP contribution >= 0.6 is 11.6 Å². The van der Waals surface area contributed by atoms with Gasteiger partial charge >= 0.3 is 0 Å². The molecule has 3 aromatic carbocycles. The molecule has 0 fully saturated rings. The van der Waals surface area contributed by atoms with Gasteiger partial charge in [-0.1, -0.05) is 54.1 Å². The van der Waals surface area contributed by atoms with E-state index in [0.717, 1.165) is 11.6 Å². The smallest absolute Gasteiger partial charge is 0.271 e. The van der Waals surface area contributed by atoms with E-state index >= 15 is 0 Å². The molecule has 2 amide bonds. The van der Waals surface area contributed by atoms with Crippen LogP contribution in [0.1, 0.15) is 28.9 Å². The fourth-order valence-corrected chi connectivity index (χ4v) is 3.17. The Labute approximate surface area is 189 Å². The number of nitro benzene ring substituents is 1. The molecule has 0 aromatic heterocycles. The molecule has 1 atom stereocenters. The molecule has 0 saturated carbocycles. The first-order valence-electron chi connectivity index (χ1n) is 9.66. The maximum absolute atomic E-state index is 12.8. The van der Waals surface area contributed by atoms with Crippen LogP contribution in [0.25, 0.3) is 0 Å². The Morgan fingerprint density at radius 3 is 2.44 bits per heavy atom. The molecule has 0 aliphatic heterocycles. The average molecular weight is 454 g/mol. The number of nitro groups is 1. The fraction of sp³-hybridized carbons (Fsp3) is 0.130. The van der Waals surface area contributed by atoms with Crippen molar-refractivity contribution in [3.05, 3.63) is 99.1 Å². The zero-order valence-corrected chi connectivity index (χ0v) is 17.8. The van der Waals surface area contributed by atoms with Gasteiger partial charge in [-0.25, -0.2) is 0 Å². The van der Waals surface area contributed by atoms with Crippen molar-refractivity contribution in [2.75, 3.05) is 11.9 Å². The van der Waals surface area contributed by atoms with Crippen LogP contribution in [-0.2, 0) is 4.79 Å². The number of carbonyl (C=O) groups excluding carboxylic acids is 2. The van der Waals surface area contributed by atoms with Crippen molar-refractivity contribution in [1.82, 2.24) is 5.32 Å². The van der Waals surface area contributed by atoms with Gasteiger partial charge in [0, 0.05) is 12.1 Å². The summed E-state index contributed by atoms with van der Waals surface area (Å²) in [5.41, 5.74) is 1.40. The molecule has 164 valence electrons. The third-order valence-electron chi connectivity index (χ3n) is 4.58. The molecular formula is C23H20ClN3O5. The van der Waals surface area contributed by atoms with Crippen LogP contribution in [0.15, 0.2) is 72.8 Å². The molecule has 0 spiro atoms. The first-order chi connectivity index (χ1) is 15.3. The van der Waals surface area contributed by atoms with Crippen molar-refractivity contribution in [3.8, 4) is 5.75 Å². The molecule has 32 heavy (non-hydrogen) atoms. The second-order valence-electron chi connectivity index (χ2n) is 6.86. The molecule has 3 rings (SSSR count). The lowest BCUT2D eigenvalue weighted by molar-refractivity contribution is -0.384. The van der Waals surface area contributed by atoms with Crippen LogP contribution < -0.4 is 15.4 Å². The predicted molar refractivity (Wildman–Crippen MR) is 121 cm³/mol. The zero-order valence-electron chi connectivity index (χ0n) is 17.1. The van der Waals surface area contributed by atoms with E-state index in [1.54, 1.807) is 24.3 Å². The van der Waals surface area contributed by atoms with Crippen molar-refractivity contribution in [3.63, 3.8) is 0 Å². The maximum Gasteiger partial charge on any atom is 0.271 e. The Kier molecular flexibility index (Phi) is 7.41. The van der Waals surface area contributed by atoms with Crippen molar-refractivity contribution < 1.29 is 19.2 Å². The van der Waals surface area contributed by atoms with E-state index in [-0.39, 0.29) is 28.4 Å². The monoisotopic (exact) mass is 453 g/mol. The van der Waals surface area contributed by atoms with Crippen LogP contribution in [0.3, 0.4) is 0 Å². The number of carbonyl (C=O) groups is 2. The largest absolute Gasteiger partial charge is 0.482 e. The fourth-order valence-electron chi connectivity index (χ4n) is 2.94. The van der Waals surface area contributed by atoms with Crippen molar-refractivity contribution in [2.24, 2.45) is 0 Å². The Morgan fingerprint density at radius 1 is 1.06 bits per heavy atom. The van der Waals surface area contributed by atoms with E-state index < -0.39 is 17.4 Å². The summed E-state index contributed by atoms with van der Waals surface area (Å²) < 4.78 is 5.36. The number of nitrogens with zero attached hydrogens (tertiary/aromatic N) is 1. The standard InChI is InChI=1S/C23H20ClN3O5/c1-15(16-7-3-2-4-8-16)25-23(29)18-9-5-6-10-20(18)26-22(28)14-32-21-12-11-17(27(30)31)13-19(21)24/h2-13,15H,14H2,1H3,(H,25,29)(H,26,28). The first kappa shape index (κ1) is 22.8. The molecule has 2 N–H and O–H groups in total. The molecule has 0 aliphatic rings. The lowest BCUT2D eigenvalue weighted by Gasteiger charge is -2.16. The molecule has 8 nitrogen and oxygen atoms in total. The number of benzene rings is 3. The van der Waals surface area contributed by atoms with E-state index in [1.807, 2.05) is 37.3 Å². The third-order valence-corrected chi connectivity index (χ3v) is 4.87. The second kappa shape index (κ2) is 10.4. The number of hydrogen-bond donors (Lipinski definition) is 2. The number of ether oxygens (including phenoxy) is 1. The number of para-hydroxylation sites is 1. The summed E-state index contributed by atoms with van der Waals surface area (Å²) in [4.78, 5) is 35.3. The molecule has 0 radical (unpaired) electrons. The third kappa shape index (κ3) is 5.83. The molecule has 1 unspecified atom stereocenters. The number of nitrogens with one attached hydrogen (secondary N) is 2. The van der Waals surface area contributed by atoms with E-state index in [1.165, 1.54) is 12.1 Å². The van der Waals surface area contributed by atoms with Crippen LogP contribution in [0.2, 0.25) is 5.02 Å². The highest BCUT2D eigenvalue weighted by Gasteiger charge is 2.17. The topological polar surface area (TPSA) is 111 Å². The number of hydrogen-bond acceptors (Lipinski definition) is 5. The Morgan fingerprint density at radius 2 is 1.75 bits per heavy atom. The molecular weight excluding hydrogens is 434 g/mol. The van der Waals surface area contributed by atoms with Crippen LogP contribution in [0.4, 0.5) is 11.4 Å². The van der Waals surface area contributed by atoms with Gasteiger partial charge in [-0.2, -0.15) is 0 Å². The van der Waals surface area contributed by atoms with Crippen LogP contribution in [0, 0.1) is 10.1 Å². The summed E-state index contributed by atoms with van der Waals surface area (Å²) in [5, 5.41) is 16.4. The van der Waals surface area contributed by atoms with Crippen molar-refractivity contribution in [1.29, 1.82) is 0 Å². The Balaban J connectivity index is 1.63. The molecule has 3 aromatic rings. The highest BCUT2D eigenvalue weighted by atomic mass is 35.5. The molecule has 0 saturated heterocycles. The highest BCUT2D eigenvalue weighted by Crippen LogP contribution is 2.28. The minimum Gasteiger partial charge on any atom is -0.482 e. The summed E-state index contributed by atoms with van der Waals surface area (Å²) in [7, 11) is 0. The van der Waals surface area contributed by atoms with E-state index in [2.05, 4.69) is 10.6 Å². The van der Waals surface area contributed by atoms with Gasteiger partial charge in [-0.15, -0.1) is 0 Å². The summed E-state index contributed by atoms with van der Waals surface area (Å²) in [6, 6.07) is 19.6. The Hall–Kier alpha value is -3.91. The molecule has 0 aliphatic carbocycles. The lowest BCUT2D eigenvalue weighted by Crippen LogP contribution is -2.28. The van der Waals surface area contributed by atoms with E-state index in [9.17, 15) is 19.7 Å². The maximum atomic E-state index is 12.8. The summed E-state index contributed by atoms with van der Waals surface area (Å²) in [6.07, 6.45) is 0. The number of rotatable bonds is 8. The van der Waals surface area contributed by atoms with Gasteiger partial charge in [-0.05, 0) is 30.7 Å². The average Bonchev–Trinajstić information content (AvgIpc) is 2.79. The normalized spacial score (nSPS) is 11.3. The van der Waals surface area contributed by atoms with Crippen molar-refractivity contribution >= 4 is 34.8 Å². The van der Waals surface area contributed by atoms with Gasteiger partial charge < -0.3 is 15.4 Å². The Bertz CT molecular complexity index is 1140. The summed E-state index contributed by atoms with van der Waals surface area (Å²) >= 11 is 5.97. The van der Waals surface area contributed by atoms with E-state index in [0.29, 0.717) is 11.3 Å². The minimum atomic E-state index is -0.580. The predicted octanol–water partition coefficient (Wildman–Crippen LogP) is 4.76. The van der Waals surface area contributed by atoms with E-state index in [4.69, 9.17) is 16.3 Å². The van der Waals surface area contributed by atoms with Gasteiger partial charge in [0.1, 0.15) is 5.75 Å². The zero-order chi connectivity index (χ0) is 23.1. The number of anilines is 1. The van der Waals surface area contributed by atoms with Gasteiger partial charge in [0.2, 0.25) is 0 Å². The lowest BCUT2D eigenvalue weighted by atomic mass is 10.1. The minimum absolute atomic E-state index is 0.0154. The van der Waals surface area contributed by atoms with Gasteiger partial charge in [0.05, 0.1) is 27.2 Å². The van der Waals surface area contributed by atoms with Gasteiger partial charge in [0.25, 0.3) is 17.5 Å². The summed E-state index contributed by atoms with van der Waals surface area (Å²) in [5.74, 6) is -0.720. The van der Waals surface area contributed by atoms with Gasteiger partial charge in [-0.3, -0.25) is 19.7 Å². The first-order valence-corrected chi connectivity index (χ1v) is 10.0. The summed E-state index contributed by atoms with van der Waals surface area (Å²) in [6.45, 7) is 1.48. The van der Waals surface area contributed by atoms with Crippen LogP contribution in [0.5, 0.6) is 5.75 Å². The molecule has 0 bridgehead atoms. The number of amides is 2. The number of non-ortho nitro benzene ring substituents is 1. The van der Waals surface area contributed by atoms with Gasteiger partial charge in [0.15, 0.2) is 6.61 Å². The number of halogens is 1. The molecule has 0 heterocycles. The second-order valence-corrected chi connectivity index (χ2v) is 7.27. The highest BCUT2D eigenvalue weighted by molar-refractivity contribution is 6.32. The molecule has 9 heteroatoms. The quantitative estimate of drug-likeness (QED) is 0.377. The van der Waals surface area contributed by atoms with Crippen LogP contribution in [-0.4, -0.2) is 23.3 Å². The van der Waals surface area contributed by atoms with Crippen molar-refractivity contribution in [2.45, 2.75) is 13.0 Å². The SMILES string of the molecule is CC(NC(=O)c1ccccc1NC(=O)COc1ccc([N+](=O)[O-])cc1Cl)c1ccccc1.